The normalized spacial score (nSPS) is 13.5. The van der Waals surface area contributed by atoms with Crippen LogP contribution >= 0.6 is 0 Å². The van der Waals surface area contributed by atoms with Crippen LogP contribution in [0.4, 0.5) is 5.69 Å². The molecule has 1 aliphatic heterocycles. The molecule has 0 atom stereocenters. The summed E-state index contributed by atoms with van der Waals surface area (Å²) in [6.45, 7) is 1.62. The summed E-state index contributed by atoms with van der Waals surface area (Å²) in [6.07, 6.45) is 0.632. The molecule has 0 bridgehead atoms. The summed E-state index contributed by atoms with van der Waals surface area (Å²) in [7, 11) is 0. The molecule has 0 spiro atoms. The molecular formula is C11H12N2O2. The predicted octanol–water partition coefficient (Wildman–Crippen LogP) is 1.38. The molecule has 0 saturated heterocycles. The molecule has 1 aromatic carbocycles. The summed E-state index contributed by atoms with van der Waals surface area (Å²) < 4.78 is 4.62. The van der Waals surface area contributed by atoms with E-state index in [-0.39, 0.29) is 0 Å². The van der Waals surface area contributed by atoms with Crippen LogP contribution in [0.3, 0.4) is 0 Å². The number of hydrogen-bond acceptors (Lipinski definition) is 4. The Morgan fingerprint density at radius 3 is 3.20 bits per heavy atom. The van der Waals surface area contributed by atoms with Gasteiger partial charge in [0, 0.05) is 13.0 Å². The third-order valence-electron chi connectivity index (χ3n) is 2.25. The van der Waals surface area contributed by atoms with Crippen molar-refractivity contribution in [3.8, 4) is 0 Å². The van der Waals surface area contributed by atoms with E-state index in [4.69, 9.17) is 0 Å². The Labute approximate surface area is 88.0 Å². The van der Waals surface area contributed by atoms with Crippen molar-refractivity contribution < 1.29 is 9.53 Å². The van der Waals surface area contributed by atoms with Crippen molar-refractivity contribution in [3.63, 3.8) is 0 Å². The molecule has 0 saturated carbocycles. The molecule has 2 rings (SSSR count). The number of rotatable bonds is 4. The van der Waals surface area contributed by atoms with Crippen molar-refractivity contribution in [2.24, 2.45) is 4.99 Å². The molecule has 0 unspecified atom stereocenters. The Morgan fingerprint density at radius 1 is 1.47 bits per heavy atom. The zero-order valence-electron chi connectivity index (χ0n) is 8.27. The topological polar surface area (TPSA) is 50.7 Å². The number of para-hydroxylation sites is 1. The van der Waals surface area contributed by atoms with Crippen LogP contribution in [0, 0.1) is 0 Å². The lowest BCUT2D eigenvalue weighted by Crippen LogP contribution is -2.26. The number of aliphatic imine (C=N–C) groups is 1. The lowest BCUT2D eigenvalue weighted by molar-refractivity contribution is -0.128. The van der Waals surface area contributed by atoms with Crippen LogP contribution in [-0.4, -0.2) is 18.9 Å². The van der Waals surface area contributed by atoms with Crippen LogP contribution in [0.2, 0.25) is 0 Å². The van der Waals surface area contributed by atoms with Crippen LogP contribution in [0.15, 0.2) is 29.3 Å². The van der Waals surface area contributed by atoms with E-state index >= 15 is 0 Å². The van der Waals surface area contributed by atoms with Gasteiger partial charge in [-0.3, -0.25) is 4.79 Å². The van der Waals surface area contributed by atoms with Crippen LogP contribution in [-0.2, 0) is 16.1 Å². The van der Waals surface area contributed by atoms with Gasteiger partial charge in [0.25, 0.3) is 6.47 Å². The van der Waals surface area contributed by atoms with Crippen LogP contribution in [0.5, 0.6) is 0 Å². The molecule has 1 aliphatic rings. The van der Waals surface area contributed by atoms with E-state index in [0.29, 0.717) is 19.5 Å². The van der Waals surface area contributed by atoms with Gasteiger partial charge < -0.3 is 10.1 Å². The minimum absolute atomic E-state index is 0.373. The second kappa shape index (κ2) is 4.59. The predicted molar refractivity (Wildman–Crippen MR) is 57.0 cm³/mol. The Hall–Kier alpha value is -1.84. The average Bonchev–Trinajstić information content (AvgIpc) is 2.29. The molecule has 0 amide bonds. The fourth-order valence-corrected chi connectivity index (χ4v) is 1.50. The Bertz CT molecular complexity index is 388. The summed E-state index contributed by atoms with van der Waals surface area (Å²) in [5, 5.41) is 3.19. The number of fused-ring (bicyclic) bond motifs is 1. The number of nitrogens with one attached hydrogen (secondary N) is 1. The Balaban J connectivity index is 2.05. The maximum absolute atomic E-state index is 9.96. The van der Waals surface area contributed by atoms with E-state index in [9.17, 15) is 4.79 Å². The molecule has 15 heavy (non-hydrogen) atoms. The molecule has 1 aromatic rings. The van der Waals surface area contributed by atoms with Crippen molar-refractivity contribution in [1.29, 1.82) is 0 Å². The second-order valence-electron chi connectivity index (χ2n) is 3.26. The third-order valence-corrected chi connectivity index (χ3v) is 2.25. The molecule has 78 valence electrons. The summed E-state index contributed by atoms with van der Waals surface area (Å²) in [5.74, 6) is 0.871. The smallest absolute Gasteiger partial charge is 0.293 e. The standard InChI is InChI=1S/C11H12N2O2/c14-8-15-6-5-11-12-7-9-3-1-2-4-10(9)13-11/h1-4,8H,5-7H2,(H,12,13). The molecule has 0 radical (unpaired) electrons. The highest BCUT2D eigenvalue weighted by atomic mass is 16.5. The van der Waals surface area contributed by atoms with Crippen molar-refractivity contribution in [2.45, 2.75) is 13.0 Å². The van der Waals surface area contributed by atoms with E-state index in [2.05, 4.69) is 15.0 Å². The van der Waals surface area contributed by atoms with Gasteiger partial charge in [0.15, 0.2) is 0 Å². The first-order valence-corrected chi connectivity index (χ1v) is 4.85. The van der Waals surface area contributed by atoms with Crippen LogP contribution in [0.25, 0.3) is 0 Å². The van der Waals surface area contributed by atoms with E-state index in [0.717, 1.165) is 18.1 Å². The fourth-order valence-electron chi connectivity index (χ4n) is 1.50. The third kappa shape index (κ3) is 2.34. The number of carbonyl (C=O) groups is 1. The van der Waals surface area contributed by atoms with Gasteiger partial charge in [-0.25, -0.2) is 4.99 Å². The second-order valence-corrected chi connectivity index (χ2v) is 3.26. The van der Waals surface area contributed by atoms with Gasteiger partial charge in [-0.1, -0.05) is 18.2 Å². The monoisotopic (exact) mass is 204 g/mol. The zero-order valence-corrected chi connectivity index (χ0v) is 8.27. The molecule has 4 nitrogen and oxygen atoms in total. The largest absolute Gasteiger partial charge is 0.467 e. The van der Waals surface area contributed by atoms with Crippen molar-refractivity contribution >= 4 is 18.0 Å². The number of carbonyl (C=O) groups excluding carboxylic acids is 1. The molecule has 0 fully saturated rings. The van der Waals surface area contributed by atoms with Crippen LogP contribution < -0.4 is 5.32 Å². The highest BCUT2D eigenvalue weighted by Crippen LogP contribution is 2.21. The van der Waals surface area contributed by atoms with E-state index in [1.165, 1.54) is 5.56 Å². The summed E-state index contributed by atoms with van der Waals surface area (Å²) in [5.41, 5.74) is 2.19. The lowest BCUT2D eigenvalue weighted by atomic mass is 10.1. The SMILES string of the molecule is O=COCCC1=Nc2ccccc2CN1. The van der Waals surface area contributed by atoms with Gasteiger partial charge in [-0.2, -0.15) is 0 Å². The summed E-state index contributed by atoms with van der Waals surface area (Å²) in [4.78, 5) is 14.4. The summed E-state index contributed by atoms with van der Waals surface area (Å²) >= 11 is 0. The number of amidine groups is 1. The molecule has 0 aromatic heterocycles. The highest BCUT2D eigenvalue weighted by molar-refractivity contribution is 5.87. The van der Waals surface area contributed by atoms with Gasteiger partial charge in [-0.15, -0.1) is 0 Å². The molecular weight excluding hydrogens is 192 g/mol. The first-order valence-electron chi connectivity index (χ1n) is 4.85. The molecule has 0 aliphatic carbocycles. The van der Waals surface area contributed by atoms with Crippen molar-refractivity contribution in [2.75, 3.05) is 6.61 Å². The minimum Gasteiger partial charge on any atom is -0.467 e. The maximum Gasteiger partial charge on any atom is 0.293 e. The van der Waals surface area contributed by atoms with Crippen molar-refractivity contribution in [1.82, 2.24) is 5.32 Å². The van der Waals surface area contributed by atoms with Gasteiger partial charge in [0.1, 0.15) is 5.84 Å². The fraction of sp³-hybridized carbons (Fsp3) is 0.273. The first-order chi connectivity index (χ1) is 7.40. The van der Waals surface area contributed by atoms with Gasteiger partial charge in [0.2, 0.25) is 0 Å². The van der Waals surface area contributed by atoms with E-state index < -0.39 is 0 Å². The Kier molecular flexibility index (Phi) is 2.97. The van der Waals surface area contributed by atoms with E-state index in [1.807, 2.05) is 24.3 Å². The van der Waals surface area contributed by atoms with Gasteiger partial charge in [0.05, 0.1) is 12.3 Å². The molecule has 1 heterocycles. The zero-order chi connectivity index (χ0) is 10.5. The quantitative estimate of drug-likeness (QED) is 0.595. The highest BCUT2D eigenvalue weighted by Gasteiger charge is 2.09. The molecule has 4 heteroatoms. The summed E-state index contributed by atoms with van der Waals surface area (Å²) in [6, 6.07) is 7.99. The number of nitrogens with zero attached hydrogens (tertiary/aromatic N) is 1. The lowest BCUT2D eigenvalue weighted by Gasteiger charge is -2.16. The number of benzene rings is 1. The van der Waals surface area contributed by atoms with Crippen molar-refractivity contribution in [3.05, 3.63) is 29.8 Å². The van der Waals surface area contributed by atoms with Crippen LogP contribution in [0.1, 0.15) is 12.0 Å². The Morgan fingerprint density at radius 2 is 2.33 bits per heavy atom. The van der Waals surface area contributed by atoms with E-state index in [1.54, 1.807) is 0 Å². The maximum atomic E-state index is 9.96. The first kappa shape index (κ1) is 9.71. The number of ether oxygens (including phenoxy) is 1. The minimum atomic E-state index is 0.373. The molecule has 1 N–H and O–H groups in total. The van der Waals surface area contributed by atoms with Gasteiger partial charge in [-0.05, 0) is 11.6 Å². The number of hydrogen-bond donors (Lipinski definition) is 1. The van der Waals surface area contributed by atoms with Gasteiger partial charge >= 0.3 is 0 Å². The average molecular weight is 204 g/mol.